The maximum Gasteiger partial charge on any atom is 0.161 e. The Kier molecular flexibility index (Phi) is 3.35. The number of aromatic nitrogens is 3. The molecule has 1 fully saturated rings. The van der Waals surface area contributed by atoms with E-state index in [0.29, 0.717) is 0 Å². The van der Waals surface area contributed by atoms with E-state index in [1.807, 2.05) is 0 Å². The maximum atomic E-state index is 9.89. The molecule has 1 unspecified atom stereocenters. The van der Waals surface area contributed by atoms with Crippen molar-refractivity contribution >= 4 is 0 Å². The van der Waals surface area contributed by atoms with Crippen LogP contribution in [0, 0.1) is 5.92 Å². The third-order valence-electron chi connectivity index (χ3n) is 4.32. The number of aliphatic hydroxyl groups is 1. The van der Waals surface area contributed by atoms with Crippen LogP contribution >= 0.6 is 0 Å². The first-order valence-electron chi connectivity index (χ1n) is 7.02. The summed E-state index contributed by atoms with van der Waals surface area (Å²) in [5, 5.41) is 18.4. The summed E-state index contributed by atoms with van der Waals surface area (Å²) in [4.78, 5) is 2.39. The molecule has 100 valence electrons. The molecule has 0 spiro atoms. The van der Waals surface area contributed by atoms with Gasteiger partial charge in [0.2, 0.25) is 0 Å². The molecule has 2 aliphatic heterocycles. The van der Waals surface area contributed by atoms with Crippen LogP contribution in [0.15, 0.2) is 0 Å². The number of likely N-dealkylation sites (tertiary alicyclic amines) is 1. The fraction of sp³-hybridized carbons (Fsp3) is 0.846. The second kappa shape index (κ2) is 4.97. The summed E-state index contributed by atoms with van der Waals surface area (Å²) in [6, 6.07) is 0. The molecule has 1 atom stereocenters. The van der Waals surface area contributed by atoms with Crippen LogP contribution in [0.2, 0.25) is 0 Å². The number of hydrogen-bond acceptors (Lipinski definition) is 4. The topological polar surface area (TPSA) is 54.2 Å². The highest BCUT2D eigenvalue weighted by Gasteiger charge is 2.25. The molecule has 0 saturated carbocycles. The lowest BCUT2D eigenvalue weighted by Gasteiger charge is -2.29. The van der Waals surface area contributed by atoms with E-state index in [-0.39, 0.29) is 0 Å². The molecule has 1 aromatic heterocycles. The summed E-state index contributed by atoms with van der Waals surface area (Å²) < 4.78 is 2.15. The molecule has 1 aromatic rings. The molecule has 5 heteroatoms. The normalized spacial score (nSPS) is 26.2. The van der Waals surface area contributed by atoms with Gasteiger partial charge in [-0.2, -0.15) is 0 Å². The molecule has 18 heavy (non-hydrogen) atoms. The minimum Gasteiger partial charge on any atom is -0.385 e. The first-order valence-corrected chi connectivity index (χ1v) is 7.02. The second-order valence-corrected chi connectivity index (χ2v) is 5.73. The number of rotatable bonds is 2. The summed E-state index contributed by atoms with van der Waals surface area (Å²) in [6.07, 6.45) is 4.98. The predicted molar refractivity (Wildman–Crippen MR) is 68.1 cm³/mol. The molecular formula is C13H22N4O. The van der Waals surface area contributed by atoms with Crippen molar-refractivity contribution in [3.05, 3.63) is 11.6 Å². The van der Waals surface area contributed by atoms with Crippen molar-refractivity contribution in [2.24, 2.45) is 5.92 Å². The highest BCUT2D eigenvalue weighted by Crippen LogP contribution is 2.26. The van der Waals surface area contributed by atoms with E-state index in [0.717, 1.165) is 43.4 Å². The summed E-state index contributed by atoms with van der Waals surface area (Å²) >= 11 is 0. The Bertz CT molecular complexity index is 409. The number of piperidine rings is 1. The van der Waals surface area contributed by atoms with Crippen molar-refractivity contribution in [3.63, 3.8) is 0 Å². The monoisotopic (exact) mass is 250 g/mol. The molecule has 3 rings (SSSR count). The number of hydrogen-bond donors (Lipinski definition) is 1. The van der Waals surface area contributed by atoms with Crippen molar-refractivity contribution in [3.8, 4) is 0 Å². The van der Waals surface area contributed by atoms with Crippen LogP contribution in [0.25, 0.3) is 0 Å². The third kappa shape index (κ3) is 2.29. The molecule has 3 heterocycles. The smallest absolute Gasteiger partial charge is 0.161 e. The fourth-order valence-electron chi connectivity index (χ4n) is 3.09. The summed E-state index contributed by atoms with van der Waals surface area (Å²) in [5.74, 6) is 2.59. The fourth-order valence-corrected chi connectivity index (χ4v) is 3.09. The first-order chi connectivity index (χ1) is 8.74. The molecule has 0 radical (unpaired) electrons. The Morgan fingerprint density at radius 3 is 2.72 bits per heavy atom. The average Bonchev–Trinajstić information content (AvgIpc) is 2.77. The largest absolute Gasteiger partial charge is 0.385 e. The minimum absolute atomic E-state index is 0.405. The summed E-state index contributed by atoms with van der Waals surface area (Å²) in [6.45, 7) is 3.35. The number of fused-ring (bicyclic) bond motifs is 1. The predicted octanol–water partition coefficient (Wildman–Crippen LogP) is 0.990. The highest BCUT2D eigenvalue weighted by molar-refractivity contribution is 5.03. The molecule has 1 N–H and O–H groups in total. The van der Waals surface area contributed by atoms with Gasteiger partial charge in [0.25, 0.3) is 0 Å². The van der Waals surface area contributed by atoms with Crippen LogP contribution in [0.5, 0.6) is 0 Å². The minimum atomic E-state index is -0.405. The molecule has 1 saturated heterocycles. The van der Waals surface area contributed by atoms with Crippen LogP contribution in [-0.2, 0) is 13.0 Å². The molecular weight excluding hydrogens is 228 g/mol. The van der Waals surface area contributed by atoms with Crippen molar-refractivity contribution < 1.29 is 5.11 Å². The van der Waals surface area contributed by atoms with Gasteiger partial charge in [-0.15, -0.1) is 10.2 Å². The Morgan fingerprint density at radius 1 is 1.17 bits per heavy atom. The quantitative estimate of drug-likeness (QED) is 0.850. The van der Waals surface area contributed by atoms with Gasteiger partial charge in [0.05, 0.1) is 0 Å². The first kappa shape index (κ1) is 12.1. The van der Waals surface area contributed by atoms with E-state index in [1.54, 1.807) is 0 Å². The zero-order valence-corrected chi connectivity index (χ0v) is 11.0. The van der Waals surface area contributed by atoms with Crippen molar-refractivity contribution in [2.75, 3.05) is 20.1 Å². The van der Waals surface area contributed by atoms with Gasteiger partial charge < -0.3 is 14.6 Å². The molecule has 2 aliphatic rings. The average molecular weight is 250 g/mol. The van der Waals surface area contributed by atoms with Crippen LogP contribution in [0.4, 0.5) is 0 Å². The van der Waals surface area contributed by atoms with Crippen molar-refractivity contribution in [2.45, 2.75) is 44.8 Å². The Hall–Kier alpha value is -0.940. The van der Waals surface area contributed by atoms with Gasteiger partial charge in [0.15, 0.2) is 5.82 Å². The van der Waals surface area contributed by atoms with E-state index < -0.39 is 6.10 Å². The van der Waals surface area contributed by atoms with E-state index in [1.165, 1.54) is 25.9 Å². The van der Waals surface area contributed by atoms with Crippen LogP contribution in [0.3, 0.4) is 0 Å². The van der Waals surface area contributed by atoms with Crippen LogP contribution in [-0.4, -0.2) is 44.9 Å². The van der Waals surface area contributed by atoms with Gasteiger partial charge >= 0.3 is 0 Å². The van der Waals surface area contributed by atoms with E-state index >= 15 is 0 Å². The lowest BCUT2D eigenvalue weighted by atomic mass is 9.93. The molecule has 0 amide bonds. The Balaban J connectivity index is 1.70. The molecule has 0 aliphatic carbocycles. The lowest BCUT2D eigenvalue weighted by molar-refractivity contribution is 0.132. The van der Waals surface area contributed by atoms with Crippen LogP contribution in [0.1, 0.15) is 43.4 Å². The van der Waals surface area contributed by atoms with E-state index in [2.05, 4.69) is 26.7 Å². The highest BCUT2D eigenvalue weighted by atomic mass is 16.3. The maximum absolute atomic E-state index is 9.89. The molecule has 0 bridgehead atoms. The van der Waals surface area contributed by atoms with Gasteiger partial charge in [0, 0.05) is 13.0 Å². The zero-order valence-electron chi connectivity index (χ0n) is 11.0. The van der Waals surface area contributed by atoms with E-state index in [9.17, 15) is 5.11 Å². The van der Waals surface area contributed by atoms with Gasteiger partial charge in [-0.05, 0) is 51.7 Å². The van der Waals surface area contributed by atoms with Gasteiger partial charge in [-0.3, -0.25) is 0 Å². The Morgan fingerprint density at radius 2 is 1.94 bits per heavy atom. The molecule has 5 nitrogen and oxygen atoms in total. The lowest BCUT2D eigenvalue weighted by Crippen LogP contribution is -2.31. The second-order valence-electron chi connectivity index (χ2n) is 5.73. The zero-order chi connectivity index (χ0) is 12.5. The van der Waals surface area contributed by atoms with Gasteiger partial charge in [-0.1, -0.05) is 0 Å². The number of aliphatic hydroxyl groups excluding tert-OH is 1. The number of nitrogens with zero attached hydrogens (tertiary/aromatic N) is 4. The summed E-state index contributed by atoms with van der Waals surface area (Å²) in [5.41, 5.74) is 0. The Labute approximate surface area is 108 Å². The third-order valence-corrected chi connectivity index (χ3v) is 4.32. The van der Waals surface area contributed by atoms with Crippen molar-refractivity contribution in [1.29, 1.82) is 0 Å². The van der Waals surface area contributed by atoms with Gasteiger partial charge in [-0.25, -0.2) is 0 Å². The van der Waals surface area contributed by atoms with Gasteiger partial charge in [0.1, 0.15) is 11.9 Å². The molecule has 0 aromatic carbocycles. The van der Waals surface area contributed by atoms with Crippen LogP contribution < -0.4 is 0 Å². The standard InChI is InChI=1S/C13H22N4O/c1-16-7-4-10(5-8-16)9-12-14-15-13-11(18)3-2-6-17(12)13/h10-11,18H,2-9H2,1H3. The SMILES string of the molecule is CN1CCC(Cc2nnc3n2CCCC3O)CC1. The van der Waals surface area contributed by atoms with E-state index in [4.69, 9.17) is 0 Å². The summed E-state index contributed by atoms with van der Waals surface area (Å²) in [7, 11) is 2.19. The van der Waals surface area contributed by atoms with Crippen molar-refractivity contribution in [1.82, 2.24) is 19.7 Å².